The molecule has 0 aromatic heterocycles. The minimum Gasteiger partial charge on any atom is -0.366 e. The first kappa shape index (κ1) is 6.86. The van der Waals surface area contributed by atoms with Crippen LogP contribution >= 0.6 is 0 Å². The molecule has 0 atom stereocenters. The maximum atomic E-state index is 10.7. The lowest BCUT2D eigenvalue weighted by Gasteiger charge is -2.10. The minimum absolute atomic E-state index is 0.339. The first-order chi connectivity index (χ1) is 4.72. The molecule has 0 aromatic rings. The highest BCUT2D eigenvalue weighted by atomic mass is 16.1. The Morgan fingerprint density at radius 3 is 2.90 bits per heavy atom. The molecular weight excluding hydrogens is 128 g/mol. The monoisotopic (exact) mass is 138 g/mol. The molecular formula is C7H10N2O. The summed E-state index contributed by atoms with van der Waals surface area (Å²) in [7, 11) is 0. The van der Waals surface area contributed by atoms with E-state index in [9.17, 15) is 4.79 Å². The van der Waals surface area contributed by atoms with Crippen molar-refractivity contribution in [2.45, 2.75) is 13.3 Å². The van der Waals surface area contributed by atoms with E-state index in [4.69, 9.17) is 5.73 Å². The molecule has 0 bridgehead atoms. The fourth-order valence-corrected chi connectivity index (χ4v) is 0.886. The van der Waals surface area contributed by atoms with Crippen LogP contribution in [0, 0.1) is 0 Å². The summed E-state index contributed by atoms with van der Waals surface area (Å²) < 4.78 is 0. The van der Waals surface area contributed by atoms with Crippen molar-refractivity contribution in [1.82, 2.24) is 5.32 Å². The van der Waals surface area contributed by atoms with Crippen LogP contribution in [-0.2, 0) is 4.79 Å². The summed E-state index contributed by atoms with van der Waals surface area (Å²) in [6.07, 6.45) is 4.32. The maximum Gasteiger partial charge on any atom is 0.246 e. The van der Waals surface area contributed by atoms with Gasteiger partial charge in [0.1, 0.15) is 0 Å². The number of nitrogens with two attached hydrogens (primary N) is 1. The van der Waals surface area contributed by atoms with Crippen molar-refractivity contribution in [2.75, 3.05) is 0 Å². The highest BCUT2D eigenvalue weighted by Crippen LogP contribution is 2.10. The smallest absolute Gasteiger partial charge is 0.246 e. The van der Waals surface area contributed by atoms with Crippen molar-refractivity contribution in [2.24, 2.45) is 5.73 Å². The first-order valence-electron chi connectivity index (χ1n) is 3.13. The molecule has 3 heteroatoms. The van der Waals surface area contributed by atoms with E-state index in [1.54, 1.807) is 0 Å². The molecule has 0 aromatic carbocycles. The average molecular weight is 138 g/mol. The molecule has 0 unspecified atom stereocenters. The predicted molar refractivity (Wildman–Crippen MR) is 38.8 cm³/mol. The summed E-state index contributed by atoms with van der Waals surface area (Å²) in [6, 6.07) is 0. The van der Waals surface area contributed by atoms with Gasteiger partial charge in [0.15, 0.2) is 0 Å². The number of nitrogens with one attached hydrogen (secondary N) is 1. The van der Waals surface area contributed by atoms with Gasteiger partial charge in [0.2, 0.25) is 5.91 Å². The van der Waals surface area contributed by atoms with E-state index in [-0.39, 0.29) is 5.91 Å². The highest BCUT2D eigenvalue weighted by molar-refractivity contribution is 5.93. The molecule has 1 amide bonds. The average Bonchev–Trinajstić information content (AvgIpc) is 1.88. The third-order valence-electron chi connectivity index (χ3n) is 1.49. The van der Waals surface area contributed by atoms with Gasteiger partial charge >= 0.3 is 0 Å². The van der Waals surface area contributed by atoms with E-state index < -0.39 is 0 Å². The van der Waals surface area contributed by atoms with Crippen molar-refractivity contribution in [3.05, 3.63) is 23.5 Å². The van der Waals surface area contributed by atoms with Crippen molar-refractivity contribution in [3.8, 4) is 0 Å². The number of carbonyl (C=O) groups is 1. The number of dihydropyridines is 1. The van der Waals surface area contributed by atoms with Gasteiger partial charge in [-0.3, -0.25) is 4.79 Å². The molecule has 0 spiro atoms. The summed E-state index contributed by atoms with van der Waals surface area (Å²) in [4.78, 5) is 10.7. The van der Waals surface area contributed by atoms with E-state index in [2.05, 4.69) is 5.32 Å². The van der Waals surface area contributed by atoms with Gasteiger partial charge in [0, 0.05) is 11.3 Å². The van der Waals surface area contributed by atoms with Crippen LogP contribution in [0.3, 0.4) is 0 Å². The number of rotatable bonds is 1. The van der Waals surface area contributed by atoms with Gasteiger partial charge in [-0.2, -0.15) is 0 Å². The lowest BCUT2D eigenvalue weighted by molar-refractivity contribution is -0.114. The zero-order valence-electron chi connectivity index (χ0n) is 5.85. The van der Waals surface area contributed by atoms with Crippen molar-refractivity contribution in [3.63, 3.8) is 0 Å². The molecule has 0 saturated carbocycles. The van der Waals surface area contributed by atoms with Crippen LogP contribution in [-0.4, -0.2) is 5.91 Å². The molecule has 54 valence electrons. The molecule has 0 radical (unpaired) electrons. The number of hydrogen-bond acceptors (Lipinski definition) is 2. The van der Waals surface area contributed by atoms with Crippen LogP contribution in [0.25, 0.3) is 0 Å². The topological polar surface area (TPSA) is 55.1 Å². The molecule has 0 fully saturated rings. The van der Waals surface area contributed by atoms with Gasteiger partial charge in [-0.15, -0.1) is 0 Å². The summed E-state index contributed by atoms with van der Waals surface area (Å²) >= 11 is 0. The van der Waals surface area contributed by atoms with Gasteiger partial charge in [0.25, 0.3) is 0 Å². The zero-order valence-corrected chi connectivity index (χ0v) is 5.85. The Kier molecular flexibility index (Phi) is 1.76. The Balaban J connectivity index is 2.81. The second-order valence-electron chi connectivity index (χ2n) is 2.22. The first-order valence-corrected chi connectivity index (χ1v) is 3.13. The Hall–Kier alpha value is -1.25. The summed E-state index contributed by atoms with van der Waals surface area (Å²) in [6.45, 7) is 1.84. The Morgan fingerprint density at radius 1 is 1.80 bits per heavy atom. The van der Waals surface area contributed by atoms with Gasteiger partial charge in [-0.05, 0) is 19.5 Å². The van der Waals surface area contributed by atoms with Gasteiger partial charge in [-0.1, -0.05) is 6.08 Å². The molecule has 1 rings (SSSR count). The number of amides is 1. The van der Waals surface area contributed by atoms with Crippen molar-refractivity contribution < 1.29 is 4.79 Å². The summed E-state index contributed by atoms with van der Waals surface area (Å²) in [5.74, 6) is -0.339. The number of allylic oxidation sites excluding steroid dienone is 2. The highest BCUT2D eigenvalue weighted by Gasteiger charge is 2.08. The quantitative estimate of drug-likeness (QED) is 0.545. The molecule has 3 nitrogen and oxygen atoms in total. The molecule has 3 N–H and O–H groups in total. The van der Waals surface area contributed by atoms with Crippen LogP contribution in [0.4, 0.5) is 0 Å². The van der Waals surface area contributed by atoms with Gasteiger partial charge in [0.05, 0.1) is 0 Å². The van der Waals surface area contributed by atoms with Crippen LogP contribution < -0.4 is 11.1 Å². The van der Waals surface area contributed by atoms with E-state index in [0.29, 0.717) is 12.0 Å². The summed E-state index contributed by atoms with van der Waals surface area (Å²) in [5, 5.41) is 2.91. The summed E-state index contributed by atoms with van der Waals surface area (Å²) in [5.41, 5.74) is 6.61. The standard InChI is InChI=1S/C7H10N2O/c1-5-6(7(8)10)3-2-4-9-5/h2,4,9H,3H2,1H3,(H2,8,10). The van der Waals surface area contributed by atoms with Crippen molar-refractivity contribution in [1.29, 1.82) is 0 Å². The van der Waals surface area contributed by atoms with E-state index in [0.717, 1.165) is 5.70 Å². The third-order valence-corrected chi connectivity index (χ3v) is 1.49. The van der Waals surface area contributed by atoms with E-state index >= 15 is 0 Å². The van der Waals surface area contributed by atoms with Crippen molar-refractivity contribution >= 4 is 5.91 Å². The Labute approximate surface area is 59.6 Å². The fraction of sp³-hybridized carbons (Fsp3) is 0.286. The second kappa shape index (κ2) is 2.56. The molecule has 0 saturated heterocycles. The largest absolute Gasteiger partial charge is 0.366 e. The number of primary amides is 1. The number of hydrogen-bond donors (Lipinski definition) is 2. The molecule has 1 aliphatic rings. The van der Waals surface area contributed by atoms with Gasteiger partial charge in [-0.25, -0.2) is 0 Å². The van der Waals surface area contributed by atoms with Crippen LogP contribution in [0.1, 0.15) is 13.3 Å². The minimum atomic E-state index is -0.339. The van der Waals surface area contributed by atoms with E-state index in [1.165, 1.54) is 0 Å². The van der Waals surface area contributed by atoms with E-state index in [1.807, 2.05) is 19.2 Å². The van der Waals surface area contributed by atoms with Gasteiger partial charge < -0.3 is 11.1 Å². The van der Waals surface area contributed by atoms with Crippen LogP contribution in [0.2, 0.25) is 0 Å². The lowest BCUT2D eigenvalue weighted by Crippen LogP contribution is -2.20. The number of carbonyl (C=O) groups excluding carboxylic acids is 1. The SMILES string of the molecule is CC1=C(C(N)=O)CC=CN1. The molecule has 1 heterocycles. The zero-order chi connectivity index (χ0) is 7.56. The Morgan fingerprint density at radius 2 is 2.50 bits per heavy atom. The fourth-order valence-electron chi connectivity index (χ4n) is 0.886. The third kappa shape index (κ3) is 1.18. The lowest BCUT2D eigenvalue weighted by atomic mass is 10.1. The molecule has 10 heavy (non-hydrogen) atoms. The van der Waals surface area contributed by atoms with Crippen LogP contribution in [0.15, 0.2) is 23.5 Å². The maximum absolute atomic E-state index is 10.7. The normalized spacial score (nSPS) is 16.9. The molecule has 1 aliphatic heterocycles. The molecule has 0 aliphatic carbocycles. The second-order valence-corrected chi connectivity index (χ2v) is 2.22. The Bertz CT molecular complexity index is 216. The van der Waals surface area contributed by atoms with Crippen LogP contribution in [0.5, 0.6) is 0 Å². The predicted octanol–water partition coefficient (Wildman–Crippen LogP) is 0.253.